The van der Waals surface area contributed by atoms with E-state index in [1.165, 1.54) is 6.08 Å². The molecule has 3 aromatic carbocycles. The average molecular weight is 405 g/mol. The monoisotopic (exact) mass is 405 g/mol. The number of para-hydroxylation sites is 2. The molecule has 150 valence electrons. The molecule has 5 nitrogen and oxygen atoms in total. The summed E-state index contributed by atoms with van der Waals surface area (Å²) in [6, 6.07) is 26.9. The third kappa shape index (κ3) is 4.16. The topological polar surface area (TPSA) is 67.0 Å². The normalized spacial score (nSPS) is 11.2. The number of carbonyl (C=O) groups excluding carboxylic acids is 1. The highest BCUT2D eigenvalue weighted by Gasteiger charge is 2.05. The maximum atomic E-state index is 12.3. The molecule has 5 aromatic rings. The first kappa shape index (κ1) is 18.6. The average Bonchev–Trinajstić information content (AvgIpc) is 3.18. The third-order valence-corrected chi connectivity index (χ3v) is 4.92. The summed E-state index contributed by atoms with van der Waals surface area (Å²) in [5, 5.41) is 5.07. The van der Waals surface area contributed by atoms with E-state index >= 15 is 0 Å². The minimum absolute atomic E-state index is 0.224. The summed E-state index contributed by atoms with van der Waals surface area (Å²) in [5.74, 6) is 1.25. The Morgan fingerprint density at radius 3 is 2.42 bits per heavy atom. The minimum atomic E-state index is -0.224. The second kappa shape index (κ2) is 8.16. The van der Waals surface area contributed by atoms with E-state index in [0.29, 0.717) is 11.4 Å². The van der Waals surface area contributed by atoms with Gasteiger partial charge in [-0.2, -0.15) is 0 Å². The van der Waals surface area contributed by atoms with Crippen LogP contribution in [0.3, 0.4) is 0 Å². The summed E-state index contributed by atoms with van der Waals surface area (Å²) in [5.41, 5.74) is 3.45. The number of ether oxygens (including phenoxy) is 1. The van der Waals surface area contributed by atoms with Crippen LogP contribution in [0.5, 0.6) is 11.5 Å². The van der Waals surface area contributed by atoms with Crippen LogP contribution in [0.4, 0.5) is 5.69 Å². The quantitative estimate of drug-likeness (QED) is 0.344. The molecule has 2 N–H and O–H groups in total. The first-order chi connectivity index (χ1) is 15.2. The fraction of sp³-hybridized carbons (Fsp3) is 0. The molecule has 0 aliphatic rings. The summed E-state index contributed by atoms with van der Waals surface area (Å²) in [6.45, 7) is 0. The molecular weight excluding hydrogens is 386 g/mol. The molecule has 0 fully saturated rings. The van der Waals surface area contributed by atoms with E-state index in [1.807, 2.05) is 66.7 Å². The lowest BCUT2D eigenvalue weighted by Gasteiger charge is -2.07. The maximum absolute atomic E-state index is 12.3. The smallest absolute Gasteiger partial charge is 0.248 e. The van der Waals surface area contributed by atoms with Crippen molar-refractivity contribution in [2.24, 2.45) is 0 Å². The van der Waals surface area contributed by atoms with Crippen LogP contribution in [0.1, 0.15) is 5.69 Å². The number of nitrogens with zero attached hydrogens (tertiary/aromatic N) is 1. The number of aromatic amines is 1. The van der Waals surface area contributed by atoms with Crippen molar-refractivity contribution in [3.8, 4) is 11.5 Å². The number of rotatable bonds is 5. The van der Waals surface area contributed by atoms with Gasteiger partial charge in [0.15, 0.2) is 0 Å². The molecule has 0 aliphatic carbocycles. The Bertz CT molecular complexity index is 1390. The van der Waals surface area contributed by atoms with Crippen LogP contribution in [0.2, 0.25) is 0 Å². The van der Waals surface area contributed by atoms with E-state index in [1.54, 1.807) is 24.4 Å². The van der Waals surface area contributed by atoms with Crippen LogP contribution < -0.4 is 10.1 Å². The fourth-order valence-corrected chi connectivity index (χ4v) is 3.43. The highest BCUT2D eigenvalue weighted by Crippen LogP contribution is 2.25. The summed E-state index contributed by atoms with van der Waals surface area (Å²) >= 11 is 0. The second-order valence-corrected chi connectivity index (χ2v) is 7.09. The van der Waals surface area contributed by atoms with Crippen molar-refractivity contribution in [2.45, 2.75) is 0 Å². The summed E-state index contributed by atoms with van der Waals surface area (Å²) in [4.78, 5) is 20.1. The van der Waals surface area contributed by atoms with Gasteiger partial charge in [0.05, 0.1) is 17.4 Å². The molecule has 5 rings (SSSR count). The van der Waals surface area contributed by atoms with Gasteiger partial charge >= 0.3 is 0 Å². The zero-order valence-corrected chi connectivity index (χ0v) is 16.6. The van der Waals surface area contributed by atoms with Gasteiger partial charge in [0.2, 0.25) is 5.91 Å². The van der Waals surface area contributed by atoms with Crippen LogP contribution in [-0.2, 0) is 4.79 Å². The van der Waals surface area contributed by atoms with E-state index in [2.05, 4.69) is 21.4 Å². The van der Waals surface area contributed by atoms with Crippen LogP contribution in [-0.4, -0.2) is 15.9 Å². The Labute approximate surface area is 179 Å². The molecule has 0 unspecified atom stereocenters. The molecule has 5 heteroatoms. The molecule has 31 heavy (non-hydrogen) atoms. The van der Waals surface area contributed by atoms with Crippen molar-refractivity contribution >= 4 is 39.5 Å². The van der Waals surface area contributed by atoms with Gasteiger partial charge in [-0.15, -0.1) is 0 Å². The lowest BCUT2D eigenvalue weighted by Crippen LogP contribution is -2.07. The number of anilines is 1. The molecule has 0 atom stereocenters. The number of nitrogens with one attached hydrogen (secondary N) is 2. The highest BCUT2D eigenvalue weighted by atomic mass is 16.5. The molecule has 0 aliphatic heterocycles. The Morgan fingerprint density at radius 1 is 0.839 bits per heavy atom. The van der Waals surface area contributed by atoms with Gasteiger partial charge in [-0.25, -0.2) is 0 Å². The number of hydrogen-bond acceptors (Lipinski definition) is 3. The van der Waals surface area contributed by atoms with Crippen molar-refractivity contribution in [2.75, 3.05) is 5.32 Å². The van der Waals surface area contributed by atoms with Crippen molar-refractivity contribution in [1.29, 1.82) is 0 Å². The van der Waals surface area contributed by atoms with Crippen LogP contribution in [0, 0.1) is 0 Å². The van der Waals surface area contributed by atoms with Crippen molar-refractivity contribution < 1.29 is 9.53 Å². The Balaban J connectivity index is 1.26. The standard InChI is InChI=1S/C26H19N3O2/c30-26(28-18-10-13-21(14-11-18)31-20-6-2-1-3-7-20)15-12-19-16-23-22-8-4-5-9-24(22)29-25(23)17-27-19/h1-17,29H,(H,28,30)/b15-12+. The van der Waals surface area contributed by atoms with Gasteiger partial charge < -0.3 is 15.0 Å². The number of hydrogen-bond donors (Lipinski definition) is 2. The zero-order chi connectivity index (χ0) is 21.0. The molecule has 0 radical (unpaired) electrons. The van der Waals surface area contributed by atoms with E-state index in [-0.39, 0.29) is 5.91 Å². The Morgan fingerprint density at radius 2 is 1.58 bits per heavy atom. The number of pyridine rings is 1. The maximum Gasteiger partial charge on any atom is 0.248 e. The number of fused-ring (bicyclic) bond motifs is 3. The molecule has 0 bridgehead atoms. The predicted octanol–water partition coefficient (Wildman–Crippen LogP) is 6.16. The molecule has 0 spiro atoms. The van der Waals surface area contributed by atoms with Crippen molar-refractivity contribution in [1.82, 2.24) is 9.97 Å². The van der Waals surface area contributed by atoms with E-state index in [9.17, 15) is 4.79 Å². The summed E-state index contributed by atoms with van der Waals surface area (Å²) in [6.07, 6.45) is 4.99. The van der Waals surface area contributed by atoms with Gasteiger partial charge in [0.25, 0.3) is 0 Å². The molecule has 2 heterocycles. The van der Waals surface area contributed by atoms with Crippen LogP contribution >= 0.6 is 0 Å². The van der Waals surface area contributed by atoms with Crippen molar-refractivity contribution in [3.63, 3.8) is 0 Å². The zero-order valence-electron chi connectivity index (χ0n) is 16.6. The van der Waals surface area contributed by atoms with E-state index < -0.39 is 0 Å². The third-order valence-electron chi connectivity index (χ3n) is 4.92. The Hall–Kier alpha value is -4.38. The largest absolute Gasteiger partial charge is 0.457 e. The molecule has 1 amide bonds. The number of carbonyl (C=O) groups is 1. The highest BCUT2D eigenvalue weighted by molar-refractivity contribution is 6.07. The number of benzene rings is 3. The van der Waals surface area contributed by atoms with E-state index in [4.69, 9.17) is 4.74 Å². The van der Waals surface area contributed by atoms with Gasteiger partial charge in [-0.3, -0.25) is 9.78 Å². The second-order valence-electron chi connectivity index (χ2n) is 7.09. The van der Waals surface area contributed by atoms with Crippen LogP contribution in [0.25, 0.3) is 27.9 Å². The van der Waals surface area contributed by atoms with Gasteiger partial charge in [-0.1, -0.05) is 36.4 Å². The van der Waals surface area contributed by atoms with E-state index in [0.717, 1.165) is 33.2 Å². The van der Waals surface area contributed by atoms with Crippen LogP contribution in [0.15, 0.2) is 97.2 Å². The lowest BCUT2D eigenvalue weighted by atomic mass is 10.1. The van der Waals surface area contributed by atoms with Gasteiger partial charge in [-0.05, 0) is 54.6 Å². The first-order valence-corrected chi connectivity index (χ1v) is 9.93. The number of amides is 1. The molecular formula is C26H19N3O2. The fourth-order valence-electron chi connectivity index (χ4n) is 3.43. The number of H-pyrrole nitrogens is 1. The summed E-state index contributed by atoms with van der Waals surface area (Å²) in [7, 11) is 0. The molecule has 2 aromatic heterocycles. The van der Waals surface area contributed by atoms with Crippen molar-refractivity contribution in [3.05, 3.63) is 103 Å². The van der Waals surface area contributed by atoms with Gasteiger partial charge in [0, 0.05) is 28.1 Å². The first-order valence-electron chi connectivity index (χ1n) is 9.93. The number of aromatic nitrogens is 2. The Kier molecular flexibility index (Phi) is 4.91. The molecule has 0 saturated carbocycles. The summed E-state index contributed by atoms with van der Waals surface area (Å²) < 4.78 is 5.77. The minimum Gasteiger partial charge on any atom is -0.457 e. The lowest BCUT2D eigenvalue weighted by molar-refractivity contribution is -0.111. The molecule has 0 saturated heterocycles. The van der Waals surface area contributed by atoms with Gasteiger partial charge in [0.1, 0.15) is 11.5 Å². The predicted molar refractivity (Wildman–Crippen MR) is 124 cm³/mol. The SMILES string of the molecule is O=C(/C=C/c1cc2c(cn1)[nH]c1ccccc12)Nc1ccc(Oc2ccccc2)cc1.